The molecule has 4 heteroatoms. The van der Waals surface area contributed by atoms with Gasteiger partial charge in [-0.15, -0.1) is 0 Å². The van der Waals surface area contributed by atoms with Crippen molar-refractivity contribution in [2.45, 2.75) is 51.9 Å². The number of nitrogens with zero attached hydrogens (tertiary/aromatic N) is 1. The van der Waals surface area contributed by atoms with Crippen molar-refractivity contribution in [2.24, 2.45) is 5.92 Å². The second kappa shape index (κ2) is 7.83. The first-order valence-electron chi connectivity index (χ1n) is 10.3. The van der Waals surface area contributed by atoms with Gasteiger partial charge in [0.15, 0.2) is 0 Å². The number of hydrogen-bond donors (Lipinski definition) is 2. The number of amides is 1. The number of carbonyl (C=O) groups is 1. The topological polar surface area (TPSA) is 48.1 Å². The Balaban J connectivity index is 1.42. The van der Waals surface area contributed by atoms with Crippen molar-refractivity contribution in [1.82, 2.24) is 15.2 Å². The number of aromatic amines is 1. The van der Waals surface area contributed by atoms with E-state index in [2.05, 4.69) is 34.3 Å². The highest BCUT2D eigenvalue weighted by Crippen LogP contribution is 2.29. The van der Waals surface area contributed by atoms with Crippen molar-refractivity contribution in [3.05, 3.63) is 35.0 Å². The zero-order valence-corrected chi connectivity index (χ0v) is 15.9. The van der Waals surface area contributed by atoms with Crippen LogP contribution >= 0.6 is 0 Å². The molecule has 26 heavy (non-hydrogen) atoms. The van der Waals surface area contributed by atoms with Crippen LogP contribution in [-0.4, -0.2) is 42.0 Å². The molecule has 2 heterocycles. The van der Waals surface area contributed by atoms with Crippen LogP contribution in [0, 0.1) is 5.92 Å². The van der Waals surface area contributed by atoms with Crippen molar-refractivity contribution in [3.63, 3.8) is 0 Å². The predicted molar refractivity (Wildman–Crippen MR) is 107 cm³/mol. The van der Waals surface area contributed by atoms with Gasteiger partial charge in [0.1, 0.15) is 0 Å². The minimum absolute atomic E-state index is 0.0590. The molecule has 1 aliphatic carbocycles. The number of hydrogen-bond acceptors (Lipinski definition) is 2. The molecule has 4 nitrogen and oxygen atoms in total. The van der Waals surface area contributed by atoms with Gasteiger partial charge in [0, 0.05) is 35.2 Å². The minimum Gasteiger partial charge on any atom is -0.358 e. The fourth-order valence-corrected chi connectivity index (χ4v) is 4.56. The second-order valence-electron chi connectivity index (χ2n) is 8.23. The molecule has 1 aromatic carbocycles. The quantitative estimate of drug-likeness (QED) is 0.801. The summed E-state index contributed by atoms with van der Waals surface area (Å²) in [5.41, 5.74) is 4.79. The number of benzene rings is 1. The predicted octanol–water partition coefficient (Wildman–Crippen LogP) is 3.90. The van der Waals surface area contributed by atoms with Gasteiger partial charge in [-0.3, -0.25) is 4.79 Å². The van der Waals surface area contributed by atoms with Gasteiger partial charge in [0.2, 0.25) is 0 Å². The zero-order valence-electron chi connectivity index (χ0n) is 15.9. The van der Waals surface area contributed by atoms with Gasteiger partial charge >= 0.3 is 0 Å². The number of aryl methyl sites for hydroxylation is 2. The lowest BCUT2D eigenvalue weighted by Crippen LogP contribution is -2.34. The Hall–Kier alpha value is -1.81. The standard InChI is InChI=1S/C22H31N3O/c1-16(15-25-11-5-6-12-25)14-23-22(26)17-9-10-21-19(13-17)18-7-3-2-4-8-20(18)24-21/h9-10,13,16,24H,2-8,11-12,14-15H2,1H3,(H,23,26)/t16-/m1/s1. The first-order chi connectivity index (χ1) is 12.7. The minimum atomic E-state index is 0.0590. The molecule has 2 N–H and O–H groups in total. The molecule has 1 aliphatic heterocycles. The van der Waals surface area contributed by atoms with E-state index in [1.54, 1.807) is 0 Å². The van der Waals surface area contributed by atoms with Gasteiger partial charge in [-0.2, -0.15) is 0 Å². The summed E-state index contributed by atoms with van der Waals surface area (Å²) in [4.78, 5) is 18.7. The average Bonchev–Trinajstić information content (AvgIpc) is 3.20. The van der Waals surface area contributed by atoms with Gasteiger partial charge in [0.05, 0.1) is 0 Å². The highest BCUT2D eigenvalue weighted by Gasteiger charge is 2.17. The largest absolute Gasteiger partial charge is 0.358 e. The fourth-order valence-electron chi connectivity index (χ4n) is 4.56. The summed E-state index contributed by atoms with van der Waals surface area (Å²) in [7, 11) is 0. The zero-order chi connectivity index (χ0) is 17.9. The molecule has 1 amide bonds. The van der Waals surface area contributed by atoms with Gasteiger partial charge in [0.25, 0.3) is 5.91 Å². The van der Waals surface area contributed by atoms with E-state index in [4.69, 9.17) is 0 Å². The molecule has 0 saturated carbocycles. The van der Waals surface area contributed by atoms with Crippen LogP contribution in [-0.2, 0) is 12.8 Å². The average molecular weight is 354 g/mol. The number of carbonyl (C=O) groups excluding carboxylic acids is 1. The van der Waals surface area contributed by atoms with Crippen LogP contribution in [0.2, 0.25) is 0 Å². The van der Waals surface area contributed by atoms with Crippen LogP contribution in [0.5, 0.6) is 0 Å². The Morgan fingerprint density at radius 1 is 1.15 bits per heavy atom. The molecule has 140 valence electrons. The van der Waals surface area contributed by atoms with E-state index in [-0.39, 0.29) is 5.91 Å². The van der Waals surface area contributed by atoms with Gasteiger partial charge in [-0.05, 0) is 81.3 Å². The Bertz CT molecular complexity index is 773. The van der Waals surface area contributed by atoms with E-state index in [1.165, 1.54) is 67.4 Å². The number of likely N-dealkylation sites (tertiary alicyclic amines) is 1. The molecule has 1 aromatic heterocycles. The normalized spacial score (nSPS) is 19.3. The lowest BCUT2D eigenvalue weighted by molar-refractivity contribution is 0.0945. The number of fused-ring (bicyclic) bond motifs is 3. The molecule has 0 spiro atoms. The van der Waals surface area contributed by atoms with Gasteiger partial charge in [-0.25, -0.2) is 0 Å². The second-order valence-corrected chi connectivity index (χ2v) is 8.23. The number of aromatic nitrogens is 1. The van der Waals surface area contributed by atoms with Crippen molar-refractivity contribution >= 4 is 16.8 Å². The summed E-state index contributed by atoms with van der Waals surface area (Å²) < 4.78 is 0. The Morgan fingerprint density at radius 2 is 1.96 bits per heavy atom. The maximum absolute atomic E-state index is 12.7. The van der Waals surface area contributed by atoms with Crippen molar-refractivity contribution < 1.29 is 4.79 Å². The van der Waals surface area contributed by atoms with E-state index in [0.29, 0.717) is 5.92 Å². The SMILES string of the molecule is C[C@H](CNC(=O)c1ccc2[nH]c3c(c2c1)CCCCC3)CN1CCCC1. The maximum Gasteiger partial charge on any atom is 0.251 e. The van der Waals surface area contributed by atoms with Gasteiger partial charge in [-0.1, -0.05) is 13.3 Å². The summed E-state index contributed by atoms with van der Waals surface area (Å²) in [5.74, 6) is 0.549. The third kappa shape index (κ3) is 3.80. The van der Waals surface area contributed by atoms with Crippen molar-refractivity contribution in [3.8, 4) is 0 Å². The van der Waals surface area contributed by atoms with Crippen LogP contribution in [0.15, 0.2) is 18.2 Å². The number of nitrogens with one attached hydrogen (secondary N) is 2. The molecule has 0 unspecified atom stereocenters. The van der Waals surface area contributed by atoms with Crippen LogP contribution in [0.4, 0.5) is 0 Å². The number of rotatable bonds is 5. The first kappa shape index (κ1) is 17.6. The van der Waals surface area contributed by atoms with Crippen molar-refractivity contribution in [2.75, 3.05) is 26.2 Å². The highest BCUT2D eigenvalue weighted by atomic mass is 16.1. The molecule has 0 bridgehead atoms. The maximum atomic E-state index is 12.7. The van der Waals surface area contributed by atoms with E-state index >= 15 is 0 Å². The molecule has 0 radical (unpaired) electrons. The Labute approximate surface area is 156 Å². The molecule has 2 aromatic rings. The molecule has 1 atom stereocenters. The van der Waals surface area contributed by atoms with Crippen LogP contribution in [0.1, 0.15) is 60.6 Å². The molecule has 4 rings (SSSR count). The van der Waals surface area contributed by atoms with E-state index < -0.39 is 0 Å². The summed E-state index contributed by atoms with van der Waals surface area (Å²) in [6, 6.07) is 6.13. The van der Waals surface area contributed by atoms with Crippen LogP contribution in [0.25, 0.3) is 10.9 Å². The Morgan fingerprint density at radius 3 is 2.81 bits per heavy atom. The smallest absolute Gasteiger partial charge is 0.251 e. The summed E-state index contributed by atoms with van der Waals surface area (Å²) in [6.45, 7) is 6.50. The van der Waals surface area contributed by atoms with E-state index in [0.717, 1.165) is 31.5 Å². The summed E-state index contributed by atoms with van der Waals surface area (Å²) in [6.07, 6.45) is 8.73. The Kier molecular flexibility index (Phi) is 5.30. The highest BCUT2D eigenvalue weighted by molar-refractivity contribution is 5.99. The summed E-state index contributed by atoms with van der Waals surface area (Å²) in [5, 5.41) is 4.40. The number of H-pyrrole nitrogens is 1. The van der Waals surface area contributed by atoms with Gasteiger partial charge < -0.3 is 15.2 Å². The third-order valence-electron chi connectivity index (χ3n) is 5.99. The lowest BCUT2D eigenvalue weighted by Gasteiger charge is -2.20. The fraction of sp³-hybridized carbons (Fsp3) is 0.591. The van der Waals surface area contributed by atoms with Crippen LogP contribution in [0.3, 0.4) is 0 Å². The molecular weight excluding hydrogens is 322 g/mol. The molecular formula is C22H31N3O. The van der Waals surface area contributed by atoms with E-state index in [1.807, 2.05) is 6.07 Å². The third-order valence-corrected chi connectivity index (χ3v) is 5.99. The molecule has 1 fully saturated rings. The summed E-state index contributed by atoms with van der Waals surface area (Å²) >= 11 is 0. The van der Waals surface area contributed by atoms with Crippen LogP contribution < -0.4 is 5.32 Å². The first-order valence-corrected chi connectivity index (χ1v) is 10.3. The molecule has 1 saturated heterocycles. The van der Waals surface area contributed by atoms with E-state index in [9.17, 15) is 4.79 Å². The molecule has 2 aliphatic rings. The lowest BCUT2D eigenvalue weighted by atomic mass is 10.0. The monoisotopic (exact) mass is 353 g/mol. The van der Waals surface area contributed by atoms with Crippen molar-refractivity contribution in [1.29, 1.82) is 0 Å².